The molecule has 240 valence electrons. The quantitative estimate of drug-likeness (QED) is 0.133. The van der Waals surface area contributed by atoms with Crippen molar-refractivity contribution in [3.63, 3.8) is 0 Å². The van der Waals surface area contributed by atoms with E-state index >= 15 is 0 Å². The minimum absolute atomic E-state index is 0.164. The van der Waals surface area contributed by atoms with Gasteiger partial charge in [0.2, 0.25) is 0 Å². The molecule has 0 radical (unpaired) electrons. The van der Waals surface area contributed by atoms with E-state index in [9.17, 15) is 4.79 Å². The summed E-state index contributed by atoms with van der Waals surface area (Å²) in [6.07, 6.45) is 4.47. The van der Waals surface area contributed by atoms with Gasteiger partial charge in [-0.2, -0.15) is 9.78 Å². The van der Waals surface area contributed by atoms with Crippen molar-refractivity contribution in [1.82, 2.24) is 9.66 Å². The standard InChI is InChI=1S/C37H43N5O3S/c1-7-10-16-30-33(26-14-13-15-28(24-26)45-9-3)39-36-35(34(40-42(36)37(30)43)29-17-11-12-18-32(29)46-6)38-31-20-19-27(23-25(31)4)41(8-2)21-22-44-5/h11-15,17-20,23-24H,7-10,16,21-22H2,1-6H3. The van der Waals surface area contributed by atoms with Gasteiger partial charge >= 0.3 is 0 Å². The van der Waals surface area contributed by atoms with E-state index in [1.54, 1.807) is 18.9 Å². The maximum atomic E-state index is 14.3. The van der Waals surface area contributed by atoms with Gasteiger partial charge in [-0.1, -0.05) is 43.7 Å². The Morgan fingerprint density at radius 3 is 2.57 bits per heavy atom. The van der Waals surface area contributed by atoms with Crippen molar-refractivity contribution in [2.75, 3.05) is 44.6 Å². The molecule has 46 heavy (non-hydrogen) atoms. The van der Waals surface area contributed by atoms with Crippen molar-refractivity contribution in [1.29, 1.82) is 0 Å². The van der Waals surface area contributed by atoms with E-state index in [1.807, 2.05) is 61.7 Å². The number of rotatable bonds is 14. The third kappa shape index (κ3) is 6.95. The van der Waals surface area contributed by atoms with Gasteiger partial charge in [0.1, 0.15) is 17.2 Å². The molecule has 0 fully saturated rings. The highest BCUT2D eigenvalue weighted by atomic mass is 32.2. The highest BCUT2D eigenvalue weighted by Crippen LogP contribution is 2.31. The number of aryl methyl sites for hydroxylation is 1. The van der Waals surface area contributed by atoms with E-state index in [1.165, 1.54) is 4.68 Å². The summed E-state index contributed by atoms with van der Waals surface area (Å²) in [6.45, 7) is 11.2. The Kier molecular flexibility index (Phi) is 11.1. The largest absolute Gasteiger partial charge is 0.494 e. The van der Waals surface area contributed by atoms with Crippen molar-refractivity contribution in [3.8, 4) is 17.0 Å². The van der Waals surface area contributed by atoms with Gasteiger partial charge in [0.25, 0.3) is 5.56 Å². The van der Waals surface area contributed by atoms with E-state index in [0.29, 0.717) is 48.1 Å². The third-order valence-corrected chi connectivity index (χ3v) is 8.87. The molecule has 0 bridgehead atoms. The molecule has 2 heterocycles. The Morgan fingerprint density at radius 2 is 1.85 bits per heavy atom. The lowest BCUT2D eigenvalue weighted by Gasteiger charge is -2.23. The Labute approximate surface area is 276 Å². The van der Waals surface area contributed by atoms with Crippen molar-refractivity contribution >= 4 is 34.6 Å². The molecule has 9 heteroatoms. The lowest BCUT2D eigenvalue weighted by molar-refractivity contribution is 0.205. The molecule has 8 nitrogen and oxygen atoms in total. The van der Waals surface area contributed by atoms with E-state index in [0.717, 1.165) is 64.6 Å². The smallest absolute Gasteiger partial charge is 0.278 e. The van der Waals surface area contributed by atoms with Crippen LogP contribution in [0.5, 0.6) is 5.75 Å². The van der Waals surface area contributed by atoms with Crippen LogP contribution in [0.3, 0.4) is 0 Å². The van der Waals surface area contributed by atoms with Crippen molar-refractivity contribution < 1.29 is 9.47 Å². The molecule has 0 spiro atoms. The average molecular weight is 638 g/mol. The Bertz CT molecular complexity index is 1810. The van der Waals surface area contributed by atoms with Crippen LogP contribution in [-0.2, 0) is 11.2 Å². The molecule has 0 saturated heterocycles. The number of nitrogens with zero attached hydrogens (tertiary/aromatic N) is 5. The summed E-state index contributed by atoms with van der Waals surface area (Å²) in [7, 11) is 1.72. The van der Waals surface area contributed by atoms with E-state index in [2.05, 4.69) is 43.9 Å². The summed E-state index contributed by atoms with van der Waals surface area (Å²) in [5.74, 6) is 1.18. The van der Waals surface area contributed by atoms with Crippen molar-refractivity contribution in [2.24, 2.45) is 10.1 Å². The fraction of sp³-hybridized carbons (Fsp3) is 0.351. The van der Waals surface area contributed by atoms with Gasteiger partial charge in [-0.15, -0.1) is 11.8 Å². The predicted molar refractivity (Wildman–Crippen MR) is 191 cm³/mol. The molecule has 0 unspecified atom stereocenters. The van der Waals surface area contributed by atoms with Crippen molar-refractivity contribution in [3.05, 3.63) is 99.6 Å². The summed E-state index contributed by atoms with van der Waals surface area (Å²) >= 11 is 1.64. The van der Waals surface area contributed by atoms with E-state index in [4.69, 9.17) is 24.6 Å². The Balaban J connectivity index is 1.72. The highest BCUT2D eigenvalue weighted by Gasteiger charge is 2.31. The first kappa shape index (κ1) is 33.2. The highest BCUT2D eigenvalue weighted by molar-refractivity contribution is 7.98. The number of hydrogen-bond donors (Lipinski definition) is 0. The van der Waals surface area contributed by atoms with Crippen LogP contribution in [0.4, 0.5) is 11.4 Å². The number of likely N-dealkylation sites (N-methyl/N-ethyl adjacent to an activating group) is 1. The maximum Gasteiger partial charge on any atom is 0.278 e. The molecule has 5 rings (SSSR count). The van der Waals surface area contributed by atoms with Gasteiger partial charge in [0, 0.05) is 47.5 Å². The number of methoxy groups -OCH3 is 1. The van der Waals surface area contributed by atoms with Crippen LogP contribution in [0.15, 0.2) is 86.5 Å². The molecule has 4 aromatic rings. The first-order valence-corrected chi connectivity index (χ1v) is 17.2. The first-order chi connectivity index (χ1) is 22.4. The molecule has 0 aliphatic carbocycles. The second kappa shape index (κ2) is 15.4. The Morgan fingerprint density at radius 1 is 1.02 bits per heavy atom. The number of benzene rings is 3. The average Bonchev–Trinajstić information content (AvgIpc) is 3.44. The third-order valence-electron chi connectivity index (χ3n) is 8.08. The van der Waals surface area contributed by atoms with E-state index < -0.39 is 0 Å². The van der Waals surface area contributed by atoms with Gasteiger partial charge in [0.05, 0.1) is 24.6 Å². The number of aromatic nitrogens is 2. The summed E-state index contributed by atoms with van der Waals surface area (Å²) in [5.41, 5.74) is 7.03. The molecule has 1 aliphatic heterocycles. The number of ether oxygens (including phenoxy) is 2. The lowest BCUT2D eigenvalue weighted by Crippen LogP contribution is -2.26. The number of aliphatic imine (C=N–C) groups is 1. The molecule has 1 aliphatic rings. The second-order valence-corrected chi connectivity index (χ2v) is 11.9. The van der Waals surface area contributed by atoms with Crippen LogP contribution < -0.4 is 15.2 Å². The first-order valence-electron chi connectivity index (χ1n) is 16.0. The number of thioether (sulfide) groups is 1. The minimum Gasteiger partial charge on any atom is -0.494 e. The zero-order chi connectivity index (χ0) is 32.6. The van der Waals surface area contributed by atoms with Gasteiger partial charge in [-0.25, -0.2) is 9.98 Å². The molecule has 0 atom stereocenters. The number of unbranched alkanes of at least 4 members (excludes halogenated alkanes) is 1. The van der Waals surface area contributed by atoms with Crippen LogP contribution in [0.1, 0.15) is 56.1 Å². The van der Waals surface area contributed by atoms with E-state index in [-0.39, 0.29) is 5.56 Å². The predicted octanol–water partition coefficient (Wildman–Crippen LogP) is 7.54. The second-order valence-electron chi connectivity index (χ2n) is 11.1. The van der Waals surface area contributed by atoms with Crippen LogP contribution in [0.2, 0.25) is 0 Å². The number of hydrogen-bond acceptors (Lipinski definition) is 8. The molecular formula is C37H43N5O3S. The van der Waals surface area contributed by atoms with Crippen molar-refractivity contribution in [2.45, 2.75) is 51.9 Å². The Hall–Kier alpha value is -4.21. The molecule has 3 aromatic carbocycles. The van der Waals surface area contributed by atoms with Gasteiger partial charge in [-0.3, -0.25) is 4.79 Å². The van der Waals surface area contributed by atoms with Crippen LogP contribution in [-0.4, -0.2) is 60.8 Å². The molecular weight excluding hydrogens is 595 g/mol. The summed E-state index contributed by atoms with van der Waals surface area (Å²) in [5, 5.41) is 4.95. The minimum atomic E-state index is -0.164. The fourth-order valence-electron chi connectivity index (χ4n) is 5.64. The monoisotopic (exact) mass is 637 g/mol. The SMILES string of the molecule is CCCCc1c(-c2cccc(OCC)c2)nc2n(c1=O)N=C(c1ccccc1SC)C2=Nc1ccc(N(CC)CCOC)cc1C. The van der Waals surface area contributed by atoms with Crippen LogP contribution >= 0.6 is 11.8 Å². The zero-order valence-electron chi connectivity index (χ0n) is 27.7. The molecule has 0 amide bonds. The van der Waals surface area contributed by atoms with Crippen LogP contribution in [0, 0.1) is 6.92 Å². The lowest BCUT2D eigenvalue weighted by atomic mass is 10.0. The summed E-state index contributed by atoms with van der Waals surface area (Å²) in [4.78, 5) is 28.1. The maximum absolute atomic E-state index is 14.3. The normalized spacial score (nSPS) is 13.2. The molecule has 0 saturated carbocycles. The number of anilines is 1. The van der Waals surface area contributed by atoms with Gasteiger partial charge in [-0.05, 0) is 81.8 Å². The topological polar surface area (TPSA) is 81.3 Å². The van der Waals surface area contributed by atoms with Crippen LogP contribution in [0.25, 0.3) is 11.3 Å². The van der Waals surface area contributed by atoms with Gasteiger partial charge < -0.3 is 14.4 Å². The summed E-state index contributed by atoms with van der Waals surface area (Å²) < 4.78 is 12.6. The summed E-state index contributed by atoms with van der Waals surface area (Å²) in [6, 6.07) is 22.2. The van der Waals surface area contributed by atoms with Gasteiger partial charge in [0.15, 0.2) is 5.82 Å². The molecule has 1 aromatic heterocycles. The zero-order valence-corrected chi connectivity index (χ0v) is 28.5. The number of fused-ring (bicyclic) bond motifs is 1. The molecule has 0 N–H and O–H groups in total. The fourth-order valence-corrected chi connectivity index (χ4v) is 6.24.